The standard InChI is InChI=1S/C14H16N6O3/c1-19-6-8-3-4-9(17-13(22)12-15-7-16-18-12)14(23)20(2)10(8)5-11(19)21/h5-7,9H,3-4H2,1-2H3,(H,17,22)(H,15,16,18)/t9-/m0/s1. The molecule has 2 aromatic heterocycles. The summed E-state index contributed by atoms with van der Waals surface area (Å²) in [7, 11) is 3.26. The minimum atomic E-state index is -0.689. The minimum absolute atomic E-state index is 0.0514. The lowest BCUT2D eigenvalue weighted by molar-refractivity contribution is -0.120. The van der Waals surface area contributed by atoms with Crippen LogP contribution in [0.15, 0.2) is 23.4 Å². The number of hydrogen-bond donors (Lipinski definition) is 2. The van der Waals surface area contributed by atoms with E-state index in [0.29, 0.717) is 18.5 Å². The topological polar surface area (TPSA) is 113 Å². The zero-order valence-electron chi connectivity index (χ0n) is 12.7. The van der Waals surface area contributed by atoms with E-state index in [-0.39, 0.29) is 17.3 Å². The molecule has 9 nitrogen and oxygen atoms in total. The van der Waals surface area contributed by atoms with Gasteiger partial charge in [0, 0.05) is 26.4 Å². The Kier molecular flexibility index (Phi) is 3.68. The first-order valence-electron chi connectivity index (χ1n) is 7.10. The number of nitrogens with zero attached hydrogens (tertiary/aromatic N) is 4. The molecule has 0 fully saturated rings. The maximum Gasteiger partial charge on any atom is 0.289 e. The van der Waals surface area contributed by atoms with Crippen molar-refractivity contribution >= 4 is 17.5 Å². The number of H-pyrrole nitrogens is 1. The van der Waals surface area contributed by atoms with Gasteiger partial charge in [0.1, 0.15) is 12.4 Å². The second kappa shape index (κ2) is 5.67. The van der Waals surface area contributed by atoms with Crippen LogP contribution in [0.5, 0.6) is 0 Å². The van der Waals surface area contributed by atoms with Crippen molar-refractivity contribution in [1.29, 1.82) is 0 Å². The molecule has 9 heteroatoms. The molecule has 3 rings (SSSR count). The van der Waals surface area contributed by atoms with Gasteiger partial charge >= 0.3 is 0 Å². The quantitative estimate of drug-likeness (QED) is 0.754. The molecule has 0 unspecified atom stereocenters. The average Bonchev–Trinajstić information content (AvgIpc) is 3.04. The van der Waals surface area contributed by atoms with Crippen molar-refractivity contribution in [2.75, 3.05) is 11.9 Å². The predicted octanol–water partition coefficient (Wildman–Crippen LogP) is -0.789. The van der Waals surface area contributed by atoms with E-state index in [0.717, 1.165) is 5.56 Å². The lowest BCUT2D eigenvalue weighted by Crippen LogP contribution is -2.47. The van der Waals surface area contributed by atoms with Gasteiger partial charge in [-0.05, 0) is 18.4 Å². The molecule has 0 spiro atoms. The number of anilines is 1. The third-order valence-electron chi connectivity index (χ3n) is 3.91. The number of pyridine rings is 1. The number of likely N-dealkylation sites (N-methyl/N-ethyl adjacent to an activating group) is 1. The highest BCUT2D eigenvalue weighted by molar-refractivity contribution is 6.01. The van der Waals surface area contributed by atoms with E-state index in [9.17, 15) is 14.4 Å². The van der Waals surface area contributed by atoms with Gasteiger partial charge in [-0.25, -0.2) is 4.98 Å². The highest BCUT2D eigenvalue weighted by atomic mass is 16.2. The van der Waals surface area contributed by atoms with Crippen LogP contribution in [0, 0.1) is 0 Å². The second-order valence-electron chi connectivity index (χ2n) is 5.43. The van der Waals surface area contributed by atoms with Crippen LogP contribution in [0.25, 0.3) is 0 Å². The molecule has 0 bridgehead atoms. The SMILES string of the molecule is CN1C(=O)[C@@H](NC(=O)c2ncn[nH]2)CCc2cn(C)c(=O)cc21. The third-order valence-corrected chi connectivity index (χ3v) is 3.91. The number of amides is 2. The van der Waals surface area contributed by atoms with Crippen molar-refractivity contribution in [2.45, 2.75) is 18.9 Å². The van der Waals surface area contributed by atoms with Crippen LogP contribution in [0.3, 0.4) is 0 Å². The number of aromatic amines is 1. The number of carbonyl (C=O) groups excluding carboxylic acids is 2. The van der Waals surface area contributed by atoms with Crippen molar-refractivity contribution in [3.63, 3.8) is 0 Å². The zero-order chi connectivity index (χ0) is 16.6. The first-order chi connectivity index (χ1) is 11.0. The molecule has 2 aromatic rings. The number of nitrogens with one attached hydrogen (secondary N) is 2. The number of aryl methyl sites for hydroxylation is 2. The minimum Gasteiger partial charge on any atom is -0.338 e. The number of hydrogen-bond acceptors (Lipinski definition) is 5. The Hall–Kier alpha value is -2.97. The molecular weight excluding hydrogens is 300 g/mol. The van der Waals surface area contributed by atoms with Crippen molar-refractivity contribution in [3.8, 4) is 0 Å². The Balaban J connectivity index is 1.86. The molecule has 0 saturated heterocycles. The van der Waals surface area contributed by atoms with Crippen LogP contribution >= 0.6 is 0 Å². The number of aromatic nitrogens is 4. The van der Waals surface area contributed by atoms with E-state index in [4.69, 9.17) is 0 Å². The molecule has 0 aromatic carbocycles. The van der Waals surface area contributed by atoms with Crippen LogP contribution in [-0.4, -0.2) is 44.7 Å². The van der Waals surface area contributed by atoms with Crippen molar-refractivity contribution < 1.29 is 9.59 Å². The van der Waals surface area contributed by atoms with Crippen LogP contribution in [0.4, 0.5) is 5.69 Å². The molecule has 120 valence electrons. The van der Waals surface area contributed by atoms with Crippen LogP contribution in [-0.2, 0) is 18.3 Å². The average molecular weight is 316 g/mol. The van der Waals surface area contributed by atoms with Crippen molar-refractivity contribution in [1.82, 2.24) is 25.1 Å². The monoisotopic (exact) mass is 316 g/mol. The van der Waals surface area contributed by atoms with E-state index in [2.05, 4.69) is 20.5 Å². The number of carbonyl (C=O) groups is 2. The van der Waals surface area contributed by atoms with Gasteiger partial charge in [0.15, 0.2) is 0 Å². The summed E-state index contributed by atoms with van der Waals surface area (Å²) in [4.78, 5) is 41.6. The summed E-state index contributed by atoms with van der Waals surface area (Å²) in [6.07, 6.45) is 3.96. The van der Waals surface area contributed by atoms with E-state index >= 15 is 0 Å². The maximum atomic E-state index is 12.6. The first kappa shape index (κ1) is 14.9. The Morgan fingerprint density at radius 1 is 1.39 bits per heavy atom. The fourth-order valence-electron chi connectivity index (χ4n) is 2.63. The fraction of sp³-hybridized carbons (Fsp3) is 0.357. The normalized spacial score (nSPS) is 17.6. The molecule has 0 aliphatic carbocycles. The lowest BCUT2D eigenvalue weighted by atomic mass is 10.1. The lowest BCUT2D eigenvalue weighted by Gasteiger charge is -2.21. The van der Waals surface area contributed by atoms with Gasteiger partial charge in [0.2, 0.25) is 11.7 Å². The van der Waals surface area contributed by atoms with Gasteiger partial charge in [-0.3, -0.25) is 19.5 Å². The van der Waals surface area contributed by atoms with Crippen LogP contribution in [0.2, 0.25) is 0 Å². The summed E-state index contributed by atoms with van der Waals surface area (Å²) < 4.78 is 1.48. The van der Waals surface area contributed by atoms with Gasteiger partial charge < -0.3 is 14.8 Å². The Morgan fingerprint density at radius 3 is 2.87 bits per heavy atom. The largest absolute Gasteiger partial charge is 0.338 e. The summed E-state index contributed by atoms with van der Waals surface area (Å²) in [6, 6.07) is 0.749. The highest BCUT2D eigenvalue weighted by Gasteiger charge is 2.30. The molecular formula is C14H16N6O3. The molecule has 2 N–H and O–H groups in total. The number of fused-ring (bicyclic) bond motifs is 1. The molecule has 1 aliphatic rings. The molecule has 23 heavy (non-hydrogen) atoms. The Bertz CT molecular complexity index is 810. The smallest absolute Gasteiger partial charge is 0.289 e. The van der Waals surface area contributed by atoms with E-state index in [1.807, 2.05) is 0 Å². The van der Waals surface area contributed by atoms with Crippen molar-refractivity contribution in [3.05, 3.63) is 40.3 Å². The molecule has 0 radical (unpaired) electrons. The molecule has 2 amide bonds. The number of rotatable bonds is 2. The summed E-state index contributed by atoms with van der Waals surface area (Å²) in [5.41, 5.74) is 1.28. The van der Waals surface area contributed by atoms with Gasteiger partial charge in [-0.1, -0.05) is 0 Å². The third kappa shape index (κ3) is 2.72. The molecule has 3 heterocycles. The van der Waals surface area contributed by atoms with Crippen LogP contribution < -0.4 is 15.8 Å². The summed E-state index contributed by atoms with van der Waals surface area (Å²) in [5, 5.41) is 8.73. The molecule has 1 aliphatic heterocycles. The van der Waals surface area contributed by atoms with Crippen molar-refractivity contribution in [2.24, 2.45) is 7.05 Å². The molecule has 0 saturated carbocycles. The van der Waals surface area contributed by atoms with E-state index in [1.165, 1.54) is 21.9 Å². The van der Waals surface area contributed by atoms with Gasteiger partial charge in [0.05, 0.1) is 5.69 Å². The maximum absolute atomic E-state index is 12.6. The van der Waals surface area contributed by atoms with Crippen LogP contribution in [0.1, 0.15) is 22.6 Å². The Morgan fingerprint density at radius 2 is 2.17 bits per heavy atom. The molecule has 1 atom stereocenters. The second-order valence-corrected chi connectivity index (χ2v) is 5.43. The van der Waals surface area contributed by atoms with E-state index < -0.39 is 11.9 Å². The highest BCUT2D eigenvalue weighted by Crippen LogP contribution is 2.24. The van der Waals surface area contributed by atoms with Gasteiger partial charge in [0.25, 0.3) is 11.5 Å². The van der Waals surface area contributed by atoms with E-state index in [1.54, 1.807) is 20.3 Å². The fourth-order valence-corrected chi connectivity index (χ4v) is 2.63. The predicted molar refractivity (Wildman–Crippen MR) is 81.1 cm³/mol. The Labute approximate surface area is 131 Å². The summed E-state index contributed by atoms with van der Waals surface area (Å²) in [6.45, 7) is 0. The van der Waals surface area contributed by atoms with Gasteiger partial charge in [-0.2, -0.15) is 5.10 Å². The summed E-state index contributed by atoms with van der Waals surface area (Å²) >= 11 is 0. The first-order valence-corrected chi connectivity index (χ1v) is 7.10. The van der Waals surface area contributed by atoms with Gasteiger partial charge in [-0.15, -0.1) is 0 Å². The summed E-state index contributed by atoms with van der Waals surface area (Å²) in [5.74, 6) is -0.712. The zero-order valence-corrected chi connectivity index (χ0v) is 12.7.